The number of carbonyl (C=O) groups excluding carboxylic acids is 1. The molecule has 0 saturated carbocycles. The average Bonchev–Trinajstić information content (AvgIpc) is 2.75. The highest BCUT2D eigenvalue weighted by Gasteiger charge is 2.30. The van der Waals surface area contributed by atoms with Crippen molar-refractivity contribution in [3.8, 4) is 0 Å². The molecule has 162 valence electrons. The van der Waals surface area contributed by atoms with Gasteiger partial charge in [0.1, 0.15) is 6.10 Å². The Balaban J connectivity index is 1.68. The molecular weight excluding hydrogens is 405 g/mol. The lowest BCUT2D eigenvalue weighted by atomic mass is 9.96. The minimum Gasteiger partial charge on any atom is -0.382 e. The summed E-state index contributed by atoms with van der Waals surface area (Å²) in [6, 6.07) is 15.4. The van der Waals surface area contributed by atoms with Gasteiger partial charge in [-0.2, -0.15) is 13.2 Å². The smallest absolute Gasteiger partial charge is 0.382 e. The molecule has 0 saturated heterocycles. The molecule has 7 heteroatoms. The maximum atomic E-state index is 12.7. The summed E-state index contributed by atoms with van der Waals surface area (Å²) in [5, 5.41) is 13.4. The summed E-state index contributed by atoms with van der Waals surface area (Å²) >= 11 is 0. The van der Waals surface area contributed by atoms with Gasteiger partial charge in [0.25, 0.3) is 0 Å². The van der Waals surface area contributed by atoms with E-state index in [1.165, 1.54) is 12.1 Å². The number of alkyl halides is 3. The second-order valence-corrected chi connectivity index (χ2v) is 7.50. The molecule has 0 aliphatic heterocycles. The minimum absolute atomic E-state index is 0.109. The largest absolute Gasteiger partial charge is 0.416 e. The van der Waals surface area contributed by atoms with E-state index in [4.69, 9.17) is 0 Å². The number of halogens is 3. The Bertz CT molecular complexity index is 1030. The maximum absolute atomic E-state index is 12.7. The number of nitrogens with one attached hydrogen (secondary N) is 1. The molecule has 1 amide bonds. The van der Waals surface area contributed by atoms with E-state index in [-0.39, 0.29) is 18.2 Å². The number of aryl methyl sites for hydroxylation is 1. The lowest BCUT2D eigenvalue weighted by Gasteiger charge is -2.16. The first-order valence-electron chi connectivity index (χ1n) is 9.81. The van der Waals surface area contributed by atoms with Crippen molar-refractivity contribution < 1.29 is 23.1 Å². The van der Waals surface area contributed by atoms with Gasteiger partial charge in [-0.25, -0.2) is 0 Å². The van der Waals surface area contributed by atoms with E-state index in [0.29, 0.717) is 22.5 Å². The van der Waals surface area contributed by atoms with Crippen LogP contribution in [0.1, 0.15) is 53.3 Å². The van der Waals surface area contributed by atoms with Crippen LogP contribution in [0.3, 0.4) is 0 Å². The van der Waals surface area contributed by atoms with Crippen LogP contribution in [-0.2, 0) is 11.0 Å². The zero-order chi connectivity index (χ0) is 22.6. The first kappa shape index (κ1) is 22.5. The van der Waals surface area contributed by atoms with Gasteiger partial charge in [-0.3, -0.25) is 9.78 Å². The van der Waals surface area contributed by atoms with Crippen LogP contribution in [0.4, 0.5) is 18.9 Å². The first-order valence-corrected chi connectivity index (χ1v) is 9.81. The van der Waals surface area contributed by atoms with Gasteiger partial charge in [0.15, 0.2) is 0 Å². The van der Waals surface area contributed by atoms with Crippen molar-refractivity contribution in [2.24, 2.45) is 0 Å². The van der Waals surface area contributed by atoms with Crippen LogP contribution in [0.2, 0.25) is 0 Å². The van der Waals surface area contributed by atoms with Crippen LogP contribution in [0, 0.1) is 6.92 Å². The molecule has 1 heterocycles. The quantitative estimate of drug-likeness (QED) is 0.535. The lowest BCUT2D eigenvalue weighted by Crippen LogP contribution is -2.16. The van der Waals surface area contributed by atoms with Crippen molar-refractivity contribution >= 4 is 11.6 Å². The predicted octanol–water partition coefficient (Wildman–Crippen LogP) is 5.62. The van der Waals surface area contributed by atoms with Gasteiger partial charge < -0.3 is 10.4 Å². The minimum atomic E-state index is -4.39. The SMILES string of the molecule is Cc1ccc([C@@H](O)c2ccccn2)cc1NC(=O)C[C@H](C)c1ccc(C(F)(F)F)cc1. The monoisotopic (exact) mass is 428 g/mol. The van der Waals surface area contributed by atoms with Crippen molar-refractivity contribution in [2.45, 2.75) is 38.5 Å². The number of nitrogens with zero attached hydrogens (tertiary/aromatic N) is 1. The van der Waals surface area contributed by atoms with Crippen molar-refractivity contribution in [1.82, 2.24) is 4.98 Å². The molecular formula is C24H23F3N2O2. The van der Waals surface area contributed by atoms with Crippen molar-refractivity contribution in [1.29, 1.82) is 0 Å². The van der Waals surface area contributed by atoms with E-state index in [2.05, 4.69) is 10.3 Å². The number of amides is 1. The third kappa shape index (κ3) is 5.70. The number of hydrogen-bond acceptors (Lipinski definition) is 3. The van der Waals surface area contributed by atoms with E-state index in [9.17, 15) is 23.1 Å². The molecule has 3 rings (SSSR count). The average molecular weight is 428 g/mol. The number of benzene rings is 2. The first-order chi connectivity index (χ1) is 14.6. The second kappa shape index (κ2) is 9.31. The van der Waals surface area contributed by atoms with Crippen molar-refractivity contribution in [2.75, 3.05) is 5.32 Å². The number of aliphatic hydroxyl groups is 1. The molecule has 0 aliphatic rings. The molecule has 0 spiro atoms. The number of rotatable bonds is 6. The fraction of sp³-hybridized carbons (Fsp3) is 0.250. The van der Waals surface area contributed by atoms with Crippen LogP contribution in [0.5, 0.6) is 0 Å². The molecule has 3 aromatic rings. The molecule has 2 N–H and O–H groups in total. The van der Waals surface area contributed by atoms with Crippen LogP contribution >= 0.6 is 0 Å². The van der Waals surface area contributed by atoms with Gasteiger partial charge in [0.2, 0.25) is 5.91 Å². The molecule has 2 aromatic carbocycles. The van der Waals surface area contributed by atoms with E-state index in [0.717, 1.165) is 17.7 Å². The zero-order valence-corrected chi connectivity index (χ0v) is 17.1. The van der Waals surface area contributed by atoms with Gasteiger partial charge in [0.05, 0.1) is 11.3 Å². The van der Waals surface area contributed by atoms with Gasteiger partial charge in [-0.1, -0.05) is 37.3 Å². The summed E-state index contributed by atoms with van der Waals surface area (Å²) in [5.74, 6) is -0.523. The molecule has 0 radical (unpaired) electrons. The van der Waals surface area contributed by atoms with Crippen LogP contribution in [-0.4, -0.2) is 16.0 Å². The Morgan fingerprint density at radius 3 is 2.35 bits per heavy atom. The molecule has 1 aromatic heterocycles. The number of anilines is 1. The number of pyridine rings is 1. The van der Waals surface area contributed by atoms with Gasteiger partial charge in [-0.05, 0) is 59.9 Å². The molecule has 0 bridgehead atoms. The molecule has 31 heavy (non-hydrogen) atoms. The third-order valence-corrected chi connectivity index (χ3v) is 5.12. The Hall–Kier alpha value is -3.19. The highest BCUT2D eigenvalue weighted by Crippen LogP contribution is 2.31. The number of aromatic nitrogens is 1. The molecule has 0 aliphatic carbocycles. The number of aliphatic hydroxyl groups excluding tert-OH is 1. The van der Waals surface area contributed by atoms with E-state index < -0.39 is 17.8 Å². The van der Waals surface area contributed by atoms with Crippen LogP contribution in [0.15, 0.2) is 66.9 Å². The number of hydrogen-bond donors (Lipinski definition) is 2. The Morgan fingerprint density at radius 2 is 1.74 bits per heavy atom. The van der Waals surface area contributed by atoms with Crippen LogP contribution in [0.25, 0.3) is 0 Å². The fourth-order valence-corrected chi connectivity index (χ4v) is 3.25. The van der Waals surface area contributed by atoms with Gasteiger partial charge in [0, 0.05) is 18.3 Å². The third-order valence-electron chi connectivity index (χ3n) is 5.12. The zero-order valence-electron chi connectivity index (χ0n) is 17.1. The maximum Gasteiger partial charge on any atom is 0.416 e. The normalized spacial score (nSPS) is 13.5. The fourth-order valence-electron chi connectivity index (χ4n) is 3.25. The predicted molar refractivity (Wildman–Crippen MR) is 113 cm³/mol. The van der Waals surface area contributed by atoms with Crippen molar-refractivity contribution in [3.63, 3.8) is 0 Å². The van der Waals surface area contributed by atoms with E-state index >= 15 is 0 Å². The summed E-state index contributed by atoms with van der Waals surface area (Å²) < 4.78 is 38.2. The molecule has 4 nitrogen and oxygen atoms in total. The summed E-state index contributed by atoms with van der Waals surface area (Å²) in [4.78, 5) is 16.7. The highest BCUT2D eigenvalue weighted by atomic mass is 19.4. The van der Waals surface area contributed by atoms with Gasteiger partial charge in [-0.15, -0.1) is 0 Å². The second-order valence-electron chi connectivity index (χ2n) is 7.50. The molecule has 2 atom stereocenters. The van der Waals surface area contributed by atoms with Crippen LogP contribution < -0.4 is 5.32 Å². The topological polar surface area (TPSA) is 62.2 Å². The Labute approximate surface area is 178 Å². The molecule has 0 fully saturated rings. The Kier molecular flexibility index (Phi) is 6.75. The van der Waals surface area contributed by atoms with E-state index in [1.54, 1.807) is 49.5 Å². The van der Waals surface area contributed by atoms with Crippen molar-refractivity contribution in [3.05, 3.63) is 94.8 Å². The number of carbonyl (C=O) groups is 1. The summed E-state index contributed by atoms with van der Waals surface area (Å²) in [5.41, 5.74) is 2.42. The standard InChI is InChI=1S/C24H23F3N2O2/c1-15-6-7-18(23(31)20-5-3-4-12-28-20)14-21(15)29-22(30)13-16(2)17-8-10-19(11-9-17)24(25,26)27/h3-12,14,16,23,31H,13H2,1-2H3,(H,29,30)/t16-,23+/m0/s1. The summed E-state index contributed by atoms with van der Waals surface area (Å²) in [6.45, 7) is 3.63. The highest BCUT2D eigenvalue weighted by molar-refractivity contribution is 5.92. The van der Waals surface area contributed by atoms with Gasteiger partial charge >= 0.3 is 6.18 Å². The lowest BCUT2D eigenvalue weighted by molar-refractivity contribution is -0.137. The Morgan fingerprint density at radius 1 is 1.06 bits per heavy atom. The van der Waals surface area contributed by atoms with E-state index in [1.807, 2.05) is 6.92 Å². The summed E-state index contributed by atoms with van der Waals surface area (Å²) in [7, 11) is 0. The summed E-state index contributed by atoms with van der Waals surface area (Å²) in [6.07, 6.45) is -3.61. The molecule has 0 unspecified atom stereocenters.